The minimum Gasteiger partial charge on any atom is -0.377 e. The van der Waals surface area contributed by atoms with Crippen LogP contribution in [0.25, 0.3) is 0 Å². The summed E-state index contributed by atoms with van der Waals surface area (Å²) in [5.74, 6) is 0. The van der Waals surface area contributed by atoms with Crippen LogP contribution in [0.5, 0.6) is 0 Å². The third-order valence-corrected chi connectivity index (χ3v) is 4.58. The molecule has 1 saturated carbocycles. The number of nitrogens with one attached hydrogen (secondary N) is 1. The van der Waals surface area contributed by atoms with Crippen LogP contribution in [0.3, 0.4) is 0 Å². The molecule has 1 heterocycles. The van der Waals surface area contributed by atoms with Crippen LogP contribution in [0.15, 0.2) is 0 Å². The van der Waals surface area contributed by atoms with Gasteiger partial charge in [0.25, 0.3) is 0 Å². The Hall–Kier alpha value is -0.120. The molecule has 0 amide bonds. The molecule has 106 valence electrons. The van der Waals surface area contributed by atoms with Gasteiger partial charge in [0.2, 0.25) is 0 Å². The van der Waals surface area contributed by atoms with E-state index < -0.39 is 0 Å². The molecule has 3 nitrogen and oxygen atoms in total. The largest absolute Gasteiger partial charge is 0.377 e. The molecule has 1 saturated heterocycles. The summed E-state index contributed by atoms with van der Waals surface area (Å²) in [6.45, 7) is 6.07. The fourth-order valence-electron chi connectivity index (χ4n) is 3.21. The van der Waals surface area contributed by atoms with Gasteiger partial charge in [-0.05, 0) is 39.5 Å². The minimum absolute atomic E-state index is 0.0822. The first-order valence-electron chi connectivity index (χ1n) is 7.49. The molecule has 0 radical (unpaired) electrons. The first-order valence-corrected chi connectivity index (χ1v) is 7.49. The van der Waals surface area contributed by atoms with E-state index in [2.05, 4.69) is 19.2 Å². The maximum Gasteiger partial charge on any atom is 0.0746 e. The summed E-state index contributed by atoms with van der Waals surface area (Å²) in [4.78, 5) is 0. The van der Waals surface area contributed by atoms with E-state index in [0.717, 1.165) is 13.1 Å². The minimum atomic E-state index is -0.0822. The van der Waals surface area contributed by atoms with Crippen LogP contribution >= 0.6 is 0 Å². The van der Waals surface area contributed by atoms with Gasteiger partial charge in [-0.15, -0.1) is 0 Å². The molecule has 1 aliphatic carbocycles. The number of methoxy groups -OCH3 is 1. The van der Waals surface area contributed by atoms with Gasteiger partial charge in [0, 0.05) is 20.2 Å². The molecule has 18 heavy (non-hydrogen) atoms. The second-order valence-electron chi connectivity index (χ2n) is 6.62. The van der Waals surface area contributed by atoms with Crippen LogP contribution in [0, 0.1) is 0 Å². The summed E-state index contributed by atoms with van der Waals surface area (Å²) < 4.78 is 11.7. The van der Waals surface area contributed by atoms with Gasteiger partial charge in [-0.25, -0.2) is 0 Å². The van der Waals surface area contributed by atoms with Gasteiger partial charge >= 0.3 is 0 Å². The molecule has 1 unspecified atom stereocenters. The van der Waals surface area contributed by atoms with Crippen molar-refractivity contribution >= 4 is 0 Å². The molecule has 0 aromatic carbocycles. The molecular weight excluding hydrogens is 226 g/mol. The van der Waals surface area contributed by atoms with Crippen molar-refractivity contribution in [1.82, 2.24) is 5.32 Å². The van der Waals surface area contributed by atoms with Crippen molar-refractivity contribution in [2.24, 2.45) is 0 Å². The highest BCUT2D eigenvalue weighted by molar-refractivity contribution is 4.92. The maximum absolute atomic E-state index is 6.33. The molecule has 3 heteroatoms. The maximum atomic E-state index is 6.33. The Kier molecular flexibility index (Phi) is 4.68. The summed E-state index contributed by atoms with van der Waals surface area (Å²) in [6, 6.07) is 0. The van der Waals surface area contributed by atoms with Crippen molar-refractivity contribution in [3.05, 3.63) is 0 Å². The Morgan fingerprint density at radius 3 is 2.61 bits per heavy atom. The van der Waals surface area contributed by atoms with Crippen LogP contribution in [0.2, 0.25) is 0 Å². The Balaban J connectivity index is 1.69. The first-order chi connectivity index (χ1) is 8.55. The smallest absolute Gasteiger partial charge is 0.0746 e. The van der Waals surface area contributed by atoms with E-state index in [1.165, 1.54) is 44.9 Å². The molecule has 1 aliphatic heterocycles. The lowest BCUT2D eigenvalue weighted by Gasteiger charge is -2.33. The van der Waals surface area contributed by atoms with Crippen molar-refractivity contribution in [3.63, 3.8) is 0 Å². The highest BCUT2D eigenvalue weighted by Gasteiger charge is 2.40. The Labute approximate surface area is 112 Å². The predicted molar refractivity (Wildman–Crippen MR) is 73.9 cm³/mol. The van der Waals surface area contributed by atoms with E-state index in [1.807, 2.05) is 0 Å². The number of hydrogen-bond acceptors (Lipinski definition) is 3. The van der Waals surface area contributed by atoms with E-state index >= 15 is 0 Å². The summed E-state index contributed by atoms with van der Waals surface area (Å²) in [6.07, 6.45) is 9.59. The van der Waals surface area contributed by atoms with Crippen molar-refractivity contribution in [3.8, 4) is 0 Å². The van der Waals surface area contributed by atoms with Crippen LogP contribution in [-0.2, 0) is 9.47 Å². The van der Waals surface area contributed by atoms with Gasteiger partial charge in [-0.1, -0.05) is 19.3 Å². The van der Waals surface area contributed by atoms with Gasteiger partial charge in [-0.3, -0.25) is 0 Å². The van der Waals surface area contributed by atoms with Gasteiger partial charge in [-0.2, -0.15) is 0 Å². The highest BCUT2D eigenvalue weighted by Crippen LogP contribution is 2.41. The second kappa shape index (κ2) is 5.89. The Bertz CT molecular complexity index is 259. The molecule has 1 atom stereocenters. The Morgan fingerprint density at radius 2 is 1.94 bits per heavy atom. The molecule has 2 rings (SSSR count). The van der Waals surface area contributed by atoms with E-state index in [0.29, 0.717) is 6.10 Å². The molecule has 0 bridgehead atoms. The number of hydrogen-bond donors (Lipinski definition) is 1. The van der Waals surface area contributed by atoms with Gasteiger partial charge in [0.1, 0.15) is 0 Å². The van der Waals surface area contributed by atoms with Crippen LogP contribution in [0.4, 0.5) is 0 Å². The molecule has 1 N–H and O–H groups in total. The number of rotatable bonds is 5. The van der Waals surface area contributed by atoms with E-state index in [-0.39, 0.29) is 11.2 Å². The zero-order valence-electron chi connectivity index (χ0n) is 12.3. The zero-order chi connectivity index (χ0) is 13.1. The monoisotopic (exact) mass is 255 g/mol. The molecule has 1 spiro atoms. The summed E-state index contributed by atoms with van der Waals surface area (Å²) in [5, 5.41) is 3.49. The molecular formula is C15H29NO2. The highest BCUT2D eigenvalue weighted by atomic mass is 16.5. The summed E-state index contributed by atoms with van der Waals surface area (Å²) >= 11 is 0. The molecule has 0 aromatic heterocycles. The van der Waals surface area contributed by atoms with Crippen molar-refractivity contribution < 1.29 is 9.47 Å². The third kappa shape index (κ3) is 3.69. The lowest BCUT2D eigenvalue weighted by Crippen LogP contribution is -2.41. The number of ether oxygens (including phenoxy) is 2. The average Bonchev–Trinajstić information content (AvgIpc) is 2.73. The molecule has 0 aromatic rings. The Morgan fingerprint density at radius 1 is 1.22 bits per heavy atom. The van der Waals surface area contributed by atoms with Crippen molar-refractivity contribution in [1.29, 1.82) is 0 Å². The van der Waals surface area contributed by atoms with E-state index in [4.69, 9.17) is 9.47 Å². The predicted octanol–water partition coefficient (Wildman–Crippen LogP) is 2.88. The average molecular weight is 255 g/mol. The van der Waals surface area contributed by atoms with E-state index in [1.54, 1.807) is 7.11 Å². The quantitative estimate of drug-likeness (QED) is 0.819. The normalized spacial score (nSPS) is 27.8. The standard InChI is InChI=1S/C15H29NO2/c1-14(2,17-3)12-16-11-13-7-10-15(18-13)8-5-4-6-9-15/h13,16H,4-12H2,1-3H3. The zero-order valence-corrected chi connectivity index (χ0v) is 12.3. The summed E-state index contributed by atoms with van der Waals surface area (Å²) in [5.41, 5.74) is 0.169. The lowest BCUT2D eigenvalue weighted by atomic mass is 9.83. The third-order valence-electron chi connectivity index (χ3n) is 4.58. The van der Waals surface area contributed by atoms with Crippen LogP contribution < -0.4 is 5.32 Å². The van der Waals surface area contributed by atoms with Gasteiger partial charge in [0.05, 0.1) is 17.3 Å². The molecule has 2 aliphatic rings. The first kappa shape index (κ1) is 14.3. The lowest BCUT2D eigenvalue weighted by molar-refractivity contribution is -0.0639. The fraction of sp³-hybridized carbons (Fsp3) is 1.00. The van der Waals surface area contributed by atoms with Crippen molar-refractivity contribution in [2.45, 2.75) is 76.1 Å². The van der Waals surface area contributed by atoms with Crippen molar-refractivity contribution in [2.75, 3.05) is 20.2 Å². The second-order valence-corrected chi connectivity index (χ2v) is 6.62. The fourth-order valence-corrected chi connectivity index (χ4v) is 3.21. The van der Waals surface area contributed by atoms with E-state index in [9.17, 15) is 0 Å². The van der Waals surface area contributed by atoms with Gasteiger partial charge < -0.3 is 14.8 Å². The summed E-state index contributed by atoms with van der Waals surface area (Å²) in [7, 11) is 1.77. The molecule has 2 fully saturated rings. The SMILES string of the molecule is COC(C)(C)CNCC1CCC2(CCCCC2)O1. The topological polar surface area (TPSA) is 30.5 Å². The van der Waals surface area contributed by atoms with Crippen LogP contribution in [-0.4, -0.2) is 37.5 Å². The van der Waals surface area contributed by atoms with Gasteiger partial charge in [0.15, 0.2) is 0 Å². The van der Waals surface area contributed by atoms with Crippen LogP contribution in [0.1, 0.15) is 58.8 Å².